The van der Waals surface area contributed by atoms with E-state index >= 15 is 0 Å². The Balaban J connectivity index is 1.71. The molecule has 0 amide bonds. The van der Waals surface area contributed by atoms with Crippen LogP contribution in [-0.2, 0) is 4.84 Å². The summed E-state index contributed by atoms with van der Waals surface area (Å²) in [6.07, 6.45) is 11.0. The van der Waals surface area contributed by atoms with Crippen LogP contribution in [0.4, 0.5) is 0 Å². The lowest BCUT2D eigenvalue weighted by Crippen LogP contribution is -2.32. The van der Waals surface area contributed by atoms with Crippen molar-refractivity contribution in [1.29, 1.82) is 0 Å². The van der Waals surface area contributed by atoms with Gasteiger partial charge in [-0.15, -0.1) is 0 Å². The Bertz CT molecular complexity index is 681. The molecule has 0 radical (unpaired) electrons. The van der Waals surface area contributed by atoms with Crippen LogP contribution >= 0.6 is 11.6 Å². The van der Waals surface area contributed by atoms with E-state index in [4.69, 9.17) is 16.4 Å². The van der Waals surface area contributed by atoms with Crippen LogP contribution in [0.15, 0.2) is 35.0 Å². The molecule has 0 aromatic heterocycles. The molecular formula is C24H35ClN2O2. The first-order valence-corrected chi connectivity index (χ1v) is 11.6. The number of hydrogen-bond acceptors (Lipinski definition) is 4. The highest BCUT2D eigenvalue weighted by Gasteiger charge is 2.23. The molecule has 3 rings (SSSR count). The van der Waals surface area contributed by atoms with Crippen molar-refractivity contribution in [2.75, 3.05) is 26.2 Å². The summed E-state index contributed by atoms with van der Waals surface area (Å²) in [4.78, 5) is 8.02. The molecule has 2 atom stereocenters. The van der Waals surface area contributed by atoms with Crippen LogP contribution in [-0.4, -0.2) is 48.1 Å². The van der Waals surface area contributed by atoms with E-state index in [9.17, 15) is 5.11 Å². The zero-order valence-corrected chi connectivity index (χ0v) is 18.4. The van der Waals surface area contributed by atoms with Crippen LogP contribution in [0.25, 0.3) is 6.08 Å². The number of likely N-dealkylation sites (tertiary alicyclic amines) is 1. The molecule has 1 saturated carbocycles. The minimum absolute atomic E-state index is 0.257. The lowest BCUT2D eigenvalue weighted by atomic mass is 9.90. The van der Waals surface area contributed by atoms with Crippen molar-refractivity contribution in [3.05, 3.63) is 40.4 Å². The fourth-order valence-electron chi connectivity index (χ4n) is 4.41. The number of nitrogens with zero attached hydrogens (tertiary/aromatic N) is 2. The fourth-order valence-corrected chi connectivity index (χ4v) is 4.54. The van der Waals surface area contributed by atoms with Crippen LogP contribution in [0.3, 0.4) is 0 Å². The number of aliphatic hydroxyl groups is 1. The maximum absolute atomic E-state index is 10.3. The van der Waals surface area contributed by atoms with E-state index in [2.05, 4.69) is 23.1 Å². The Kier molecular flexibility index (Phi) is 9.03. The summed E-state index contributed by atoms with van der Waals surface area (Å²) in [5.41, 5.74) is 3.48. The lowest BCUT2D eigenvalue weighted by molar-refractivity contribution is 0.0225. The Morgan fingerprint density at radius 2 is 1.97 bits per heavy atom. The largest absolute Gasteiger partial charge is 0.393 e. The number of oxime groups is 1. The van der Waals surface area contributed by atoms with Crippen molar-refractivity contribution in [2.24, 2.45) is 11.1 Å². The minimum atomic E-state index is -0.489. The van der Waals surface area contributed by atoms with E-state index in [1.165, 1.54) is 31.3 Å². The topological polar surface area (TPSA) is 45.1 Å². The standard InChI is InChI=1S/C24H35ClN2O2/c1-2-7-20-8-3-4-9-21(16-19-10-12-22(25)13-11-19)24(20)26-29-18-23(28)17-27-14-5-6-15-27/h10-13,16,20,23,28H,2-9,14-15,17-18H2,1H3/t20-,23+/m1/s1. The number of allylic oxidation sites excluding steroid dienone is 1. The van der Waals surface area contributed by atoms with E-state index < -0.39 is 6.10 Å². The van der Waals surface area contributed by atoms with Gasteiger partial charge in [0, 0.05) is 17.5 Å². The van der Waals surface area contributed by atoms with Crippen LogP contribution < -0.4 is 0 Å². The molecule has 2 aliphatic rings. The Labute approximate surface area is 180 Å². The lowest BCUT2D eigenvalue weighted by Gasteiger charge is -2.20. The number of rotatable bonds is 8. The summed E-state index contributed by atoms with van der Waals surface area (Å²) >= 11 is 6.04. The van der Waals surface area contributed by atoms with Gasteiger partial charge in [0.15, 0.2) is 0 Å². The molecule has 1 aliphatic heterocycles. The van der Waals surface area contributed by atoms with Gasteiger partial charge >= 0.3 is 0 Å². The summed E-state index contributed by atoms with van der Waals surface area (Å²) in [5, 5.41) is 15.7. The summed E-state index contributed by atoms with van der Waals surface area (Å²) in [5.74, 6) is 0.428. The predicted octanol–water partition coefficient (Wildman–Crippen LogP) is 5.54. The molecule has 29 heavy (non-hydrogen) atoms. The number of aliphatic hydroxyl groups excluding tert-OH is 1. The molecule has 0 spiro atoms. The van der Waals surface area contributed by atoms with Gasteiger partial charge in [0.2, 0.25) is 0 Å². The van der Waals surface area contributed by atoms with E-state index in [1.54, 1.807) is 0 Å². The monoisotopic (exact) mass is 418 g/mol. The normalized spacial score (nSPS) is 24.7. The van der Waals surface area contributed by atoms with Crippen LogP contribution in [0.5, 0.6) is 0 Å². The highest BCUT2D eigenvalue weighted by atomic mass is 35.5. The van der Waals surface area contributed by atoms with Crippen LogP contribution in [0.1, 0.15) is 63.9 Å². The third-order valence-electron chi connectivity index (χ3n) is 5.91. The first-order valence-electron chi connectivity index (χ1n) is 11.2. The molecule has 0 unspecified atom stereocenters. The summed E-state index contributed by atoms with van der Waals surface area (Å²) in [7, 11) is 0. The molecule has 1 heterocycles. The Morgan fingerprint density at radius 1 is 1.21 bits per heavy atom. The quantitative estimate of drug-likeness (QED) is 0.445. The van der Waals surface area contributed by atoms with Gasteiger partial charge in [0.1, 0.15) is 12.7 Å². The number of benzene rings is 1. The van der Waals surface area contributed by atoms with E-state index in [1.807, 2.05) is 24.3 Å². The highest BCUT2D eigenvalue weighted by molar-refractivity contribution is 6.30. The van der Waals surface area contributed by atoms with Crippen LogP contribution in [0.2, 0.25) is 5.02 Å². The van der Waals surface area contributed by atoms with Crippen molar-refractivity contribution in [2.45, 2.75) is 64.4 Å². The van der Waals surface area contributed by atoms with Gasteiger partial charge in [-0.1, -0.05) is 48.7 Å². The second-order valence-electron chi connectivity index (χ2n) is 8.39. The first kappa shape index (κ1) is 22.3. The molecular weight excluding hydrogens is 384 g/mol. The fraction of sp³-hybridized carbons (Fsp3) is 0.625. The summed E-state index contributed by atoms with van der Waals surface area (Å²) in [6.45, 7) is 5.33. The van der Waals surface area contributed by atoms with E-state index in [-0.39, 0.29) is 6.61 Å². The van der Waals surface area contributed by atoms with Gasteiger partial charge in [-0.05, 0) is 81.0 Å². The van der Waals surface area contributed by atoms with Gasteiger partial charge in [-0.2, -0.15) is 0 Å². The number of halogens is 1. The summed E-state index contributed by atoms with van der Waals surface area (Å²) in [6, 6.07) is 7.95. The molecule has 1 N–H and O–H groups in total. The van der Waals surface area contributed by atoms with Gasteiger partial charge < -0.3 is 14.8 Å². The van der Waals surface area contributed by atoms with Crippen molar-refractivity contribution in [3.8, 4) is 0 Å². The van der Waals surface area contributed by atoms with Gasteiger partial charge in [-0.25, -0.2) is 0 Å². The van der Waals surface area contributed by atoms with Crippen molar-refractivity contribution >= 4 is 23.4 Å². The van der Waals surface area contributed by atoms with Gasteiger partial charge in [0.25, 0.3) is 0 Å². The second-order valence-corrected chi connectivity index (χ2v) is 8.82. The maximum atomic E-state index is 10.3. The zero-order chi connectivity index (χ0) is 20.5. The second kappa shape index (κ2) is 11.7. The highest BCUT2D eigenvalue weighted by Crippen LogP contribution is 2.30. The van der Waals surface area contributed by atoms with Crippen LogP contribution in [0, 0.1) is 5.92 Å². The first-order chi connectivity index (χ1) is 14.2. The van der Waals surface area contributed by atoms with Gasteiger partial charge in [0.05, 0.1) is 5.71 Å². The molecule has 1 aromatic carbocycles. The molecule has 1 aliphatic carbocycles. The number of hydrogen-bond donors (Lipinski definition) is 1. The van der Waals surface area contributed by atoms with Crippen molar-refractivity contribution < 1.29 is 9.94 Å². The number of β-amino-alcohol motifs (C(OH)–C–C–N with tert-alkyl or cyclic N) is 1. The molecule has 2 fully saturated rings. The Hall–Kier alpha value is -1.36. The summed E-state index contributed by atoms with van der Waals surface area (Å²) < 4.78 is 0. The van der Waals surface area contributed by atoms with Crippen molar-refractivity contribution in [1.82, 2.24) is 4.90 Å². The van der Waals surface area contributed by atoms with E-state index in [0.29, 0.717) is 12.5 Å². The molecule has 5 heteroatoms. The average molecular weight is 419 g/mol. The predicted molar refractivity (Wildman–Crippen MR) is 121 cm³/mol. The molecule has 1 saturated heterocycles. The third kappa shape index (κ3) is 7.13. The smallest absolute Gasteiger partial charge is 0.144 e. The maximum Gasteiger partial charge on any atom is 0.144 e. The molecule has 4 nitrogen and oxygen atoms in total. The van der Waals surface area contributed by atoms with E-state index in [0.717, 1.165) is 55.1 Å². The third-order valence-corrected chi connectivity index (χ3v) is 6.16. The Morgan fingerprint density at radius 3 is 2.69 bits per heavy atom. The average Bonchev–Trinajstić information content (AvgIpc) is 3.14. The van der Waals surface area contributed by atoms with Gasteiger partial charge in [-0.3, -0.25) is 0 Å². The molecule has 1 aromatic rings. The van der Waals surface area contributed by atoms with Crippen molar-refractivity contribution in [3.63, 3.8) is 0 Å². The zero-order valence-electron chi connectivity index (χ0n) is 17.7. The molecule has 0 bridgehead atoms. The molecule has 160 valence electrons. The SMILES string of the molecule is CCC[C@@H]1CCCCC(=Cc2ccc(Cl)cc2)C1=NOC[C@@H](O)CN1CCCC1. The minimum Gasteiger partial charge on any atom is -0.393 e.